The van der Waals surface area contributed by atoms with Crippen molar-refractivity contribution >= 4 is 64.0 Å². The lowest BCUT2D eigenvalue weighted by Gasteiger charge is -2.02. The Labute approximate surface area is 140 Å². The molecule has 0 atom stereocenters. The van der Waals surface area contributed by atoms with Gasteiger partial charge in [0, 0.05) is 28.9 Å². The standard InChI is InChI=1S/C13H6Cl4N2O2/c14-9-2-1-8(19(20)21)3-7(9)6-18-13-5-11(16)10(15)4-12(13)17/h1-6H. The van der Waals surface area contributed by atoms with Crippen LogP contribution in [0, 0.1) is 10.1 Å². The first-order chi connectivity index (χ1) is 9.88. The van der Waals surface area contributed by atoms with Gasteiger partial charge in [0.05, 0.1) is 25.7 Å². The number of nitrogens with zero attached hydrogens (tertiary/aromatic N) is 2. The smallest absolute Gasteiger partial charge is 0.258 e. The van der Waals surface area contributed by atoms with Gasteiger partial charge < -0.3 is 0 Å². The number of non-ortho nitro benzene ring substituents is 1. The molecule has 0 aromatic heterocycles. The fourth-order valence-electron chi connectivity index (χ4n) is 1.49. The van der Waals surface area contributed by atoms with Gasteiger partial charge >= 0.3 is 0 Å². The number of halogens is 4. The van der Waals surface area contributed by atoms with Crippen molar-refractivity contribution in [3.05, 3.63) is 66.1 Å². The Morgan fingerprint density at radius 1 is 0.952 bits per heavy atom. The van der Waals surface area contributed by atoms with E-state index in [1.165, 1.54) is 36.5 Å². The van der Waals surface area contributed by atoms with E-state index in [2.05, 4.69) is 4.99 Å². The summed E-state index contributed by atoms with van der Waals surface area (Å²) in [6, 6.07) is 7.02. The van der Waals surface area contributed by atoms with E-state index in [0.29, 0.717) is 31.3 Å². The molecule has 0 aliphatic heterocycles. The molecule has 8 heteroatoms. The molecule has 0 N–H and O–H groups in total. The van der Waals surface area contributed by atoms with Crippen molar-refractivity contribution in [3.63, 3.8) is 0 Å². The summed E-state index contributed by atoms with van der Waals surface area (Å²) in [6.07, 6.45) is 1.38. The molecule has 0 heterocycles. The van der Waals surface area contributed by atoms with Crippen molar-refractivity contribution in [3.8, 4) is 0 Å². The average molecular weight is 364 g/mol. The number of hydrogen-bond donors (Lipinski definition) is 0. The number of nitro groups is 1. The molecule has 0 spiro atoms. The second-order valence-corrected chi connectivity index (χ2v) is 5.57. The second-order valence-electron chi connectivity index (χ2n) is 3.94. The van der Waals surface area contributed by atoms with E-state index >= 15 is 0 Å². The largest absolute Gasteiger partial charge is 0.270 e. The molecule has 2 rings (SSSR count). The summed E-state index contributed by atoms with van der Waals surface area (Å²) in [6.45, 7) is 0. The molecular formula is C13H6Cl4N2O2. The van der Waals surface area contributed by atoms with Crippen LogP contribution in [-0.2, 0) is 0 Å². The van der Waals surface area contributed by atoms with Gasteiger partial charge in [-0.3, -0.25) is 15.1 Å². The first-order valence-electron chi connectivity index (χ1n) is 5.51. The molecule has 0 fully saturated rings. The number of aliphatic imine (C=N–C) groups is 1. The minimum Gasteiger partial charge on any atom is -0.258 e. The second kappa shape index (κ2) is 6.62. The highest BCUT2D eigenvalue weighted by molar-refractivity contribution is 6.44. The minimum absolute atomic E-state index is 0.0823. The quantitative estimate of drug-likeness (QED) is 0.292. The molecule has 0 bridgehead atoms. The molecule has 21 heavy (non-hydrogen) atoms. The molecule has 0 amide bonds. The van der Waals surface area contributed by atoms with Crippen LogP contribution in [-0.4, -0.2) is 11.1 Å². The summed E-state index contributed by atoms with van der Waals surface area (Å²) >= 11 is 23.7. The van der Waals surface area contributed by atoms with Crippen LogP contribution in [0.3, 0.4) is 0 Å². The first kappa shape index (κ1) is 16.0. The highest BCUT2D eigenvalue weighted by atomic mass is 35.5. The van der Waals surface area contributed by atoms with Gasteiger partial charge in [-0.15, -0.1) is 0 Å². The van der Waals surface area contributed by atoms with Crippen molar-refractivity contribution in [2.45, 2.75) is 0 Å². The lowest BCUT2D eigenvalue weighted by atomic mass is 10.2. The average Bonchev–Trinajstić information content (AvgIpc) is 2.42. The maximum absolute atomic E-state index is 10.7. The Bertz CT molecular complexity index is 747. The third-order valence-electron chi connectivity index (χ3n) is 2.52. The van der Waals surface area contributed by atoms with Gasteiger partial charge in [-0.25, -0.2) is 0 Å². The van der Waals surface area contributed by atoms with E-state index in [9.17, 15) is 10.1 Å². The normalized spacial score (nSPS) is 11.0. The summed E-state index contributed by atoms with van der Waals surface area (Å²) in [4.78, 5) is 14.4. The molecule has 2 aromatic carbocycles. The first-order valence-corrected chi connectivity index (χ1v) is 7.02. The highest BCUT2D eigenvalue weighted by Gasteiger charge is 2.09. The van der Waals surface area contributed by atoms with Crippen LogP contribution >= 0.6 is 46.4 Å². The maximum Gasteiger partial charge on any atom is 0.270 e. The summed E-state index contributed by atoms with van der Waals surface area (Å²) in [7, 11) is 0. The summed E-state index contributed by atoms with van der Waals surface area (Å²) in [5.41, 5.74) is 0.697. The van der Waals surface area contributed by atoms with E-state index in [0.717, 1.165) is 0 Å². The Kier molecular flexibility index (Phi) is 5.06. The molecule has 0 aliphatic carbocycles. The predicted octanol–water partition coefficient (Wildman–Crippen LogP) is 5.96. The van der Waals surface area contributed by atoms with Crippen LogP contribution in [0.25, 0.3) is 0 Å². The van der Waals surface area contributed by atoms with E-state index in [4.69, 9.17) is 46.4 Å². The van der Waals surface area contributed by atoms with E-state index < -0.39 is 4.92 Å². The molecule has 0 saturated heterocycles. The van der Waals surface area contributed by atoms with Crippen molar-refractivity contribution in [1.29, 1.82) is 0 Å². The SMILES string of the molecule is O=[N+]([O-])c1ccc(Cl)c(C=Nc2cc(Cl)c(Cl)cc2Cl)c1. The predicted molar refractivity (Wildman–Crippen MR) is 86.8 cm³/mol. The van der Waals surface area contributed by atoms with Crippen LogP contribution < -0.4 is 0 Å². The van der Waals surface area contributed by atoms with E-state index in [1.54, 1.807) is 0 Å². The molecule has 0 unspecified atom stereocenters. The molecule has 4 nitrogen and oxygen atoms in total. The topological polar surface area (TPSA) is 55.5 Å². The van der Waals surface area contributed by atoms with Crippen LogP contribution in [0.15, 0.2) is 35.3 Å². The molecule has 0 radical (unpaired) electrons. The zero-order chi connectivity index (χ0) is 15.6. The van der Waals surface area contributed by atoms with E-state index in [1.807, 2.05) is 0 Å². The number of hydrogen-bond acceptors (Lipinski definition) is 3. The van der Waals surface area contributed by atoms with Gasteiger partial charge in [-0.2, -0.15) is 0 Å². The Hall–Kier alpha value is -1.33. The van der Waals surface area contributed by atoms with Gasteiger partial charge in [0.2, 0.25) is 0 Å². The third-order valence-corrected chi connectivity index (χ3v) is 3.89. The van der Waals surface area contributed by atoms with Crippen LogP contribution in [0.4, 0.5) is 11.4 Å². The Morgan fingerprint density at radius 3 is 2.29 bits per heavy atom. The van der Waals surface area contributed by atoms with Crippen LogP contribution in [0.1, 0.15) is 5.56 Å². The lowest BCUT2D eigenvalue weighted by molar-refractivity contribution is -0.384. The monoisotopic (exact) mass is 362 g/mol. The van der Waals surface area contributed by atoms with Crippen molar-refractivity contribution in [2.75, 3.05) is 0 Å². The summed E-state index contributed by atoms with van der Waals surface area (Å²) < 4.78 is 0. The number of rotatable bonds is 3. The van der Waals surface area contributed by atoms with Gasteiger partial charge in [-0.1, -0.05) is 46.4 Å². The summed E-state index contributed by atoms with van der Waals surface area (Å²) in [5, 5.41) is 12.0. The van der Waals surface area contributed by atoms with Crippen molar-refractivity contribution in [2.24, 2.45) is 4.99 Å². The molecule has 108 valence electrons. The molecule has 0 aliphatic rings. The zero-order valence-corrected chi connectivity index (χ0v) is 13.2. The Balaban J connectivity index is 2.40. The van der Waals surface area contributed by atoms with Crippen LogP contribution in [0.2, 0.25) is 20.1 Å². The number of benzene rings is 2. The van der Waals surface area contributed by atoms with Crippen LogP contribution in [0.5, 0.6) is 0 Å². The van der Waals surface area contributed by atoms with Gasteiger partial charge in [0.15, 0.2) is 0 Å². The van der Waals surface area contributed by atoms with Crippen molar-refractivity contribution in [1.82, 2.24) is 0 Å². The van der Waals surface area contributed by atoms with Gasteiger partial charge in [-0.05, 0) is 18.2 Å². The Morgan fingerprint density at radius 2 is 1.62 bits per heavy atom. The third kappa shape index (κ3) is 3.86. The van der Waals surface area contributed by atoms with Gasteiger partial charge in [0.25, 0.3) is 5.69 Å². The molecule has 2 aromatic rings. The zero-order valence-electron chi connectivity index (χ0n) is 10.2. The molecular weight excluding hydrogens is 358 g/mol. The summed E-state index contributed by atoms with van der Waals surface area (Å²) in [5.74, 6) is 0. The van der Waals surface area contributed by atoms with Crippen molar-refractivity contribution < 1.29 is 4.92 Å². The van der Waals surface area contributed by atoms with Gasteiger partial charge in [0.1, 0.15) is 0 Å². The lowest BCUT2D eigenvalue weighted by Crippen LogP contribution is -1.90. The maximum atomic E-state index is 10.7. The minimum atomic E-state index is -0.514. The fraction of sp³-hybridized carbons (Fsp3) is 0. The highest BCUT2D eigenvalue weighted by Crippen LogP contribution is 2.34. The van der Waals surface area contributed by atoms with E-state index in [-0.39, 0.29) is 5.69 Å². The molecule has 0 saturated carbocycles. The number of nitro benzene ring substituents is 1. The fourth-order valence-corrected chi connectivity index (χ4v) is 2.25.